The van der Waals surface area contributed by atoms with E-state index in [0.717, 1.165) is 11.6 Å². The predicted octanol–water partition coefficient (Wildman–Crippen LogP) is 2.52. The molecule has 1 aliphatic rings. The summed E-state index contributed by atoms with van der Waals surface area (Å²) in [6, 6.07) is 5.55. The molecular formula is C15H12O6S. The first-order valence-electron chi connectivity index (χ1n) is 6.55. The molecule has 0 bridgehead atoms. The summed E-state index contributed by atoms with van der Waals surface area (Å²) in [7, 11) is -4.49. The Morgan fingerprint density at radius 3 is 2.27 bits per heavy atom. The van der Waals surface area contributed by atoms with Crippen LogP contribution >= 0.6 is 0 Å². The number of esters is 2. The molecule has 2 aromatic rings. The summed E-state index contributed by atoms with van der Waals surface area (Å²) >= 11 is 0. The molecule has 3 rings (SSSR count). The molecule has 0 radical (unpaired) electrons. The molecular weight excluding hydrogens is 308 g/mol. The molecule has 0 aliphatic carbocycles. The lowest BCUT2D eigenvalue weighted by Crippen LogP contribution is -2.20. The zero-order valence-corrected chi connectivity index (χ0v) is 12.6. The third kappa shape index (κ3) is 2.10. The van der Waals surface area contributed by atoms with Gasteiger partial charge < -0.3 is 4.74 Å². The van der Waals surface area contributed by atoms with Gasteiger partial charge in [-0.25, -0.2) is 9.59 Å². The van der Waals surface area contributed by atoms with Crippen molar-refractivity contribution in [3.63, 3.8) is 0 Å². The molecule has 0 spiro atoms. The van der Waals surface area contributed by atoms with Crippen LogP contribution in [0, 0.1) is 0 Å². The number of hydrogen-bond donors (Lipinski definition) is 1. The molecule has 0 saturated carbocycles. The highest BCUT2D eigenvalue weighted by Gasteiger charge is 2.30. The van der Waals surface area contributed by atoms with Crippen molar-refractivity contribution in [3.8, 4) is 0 Å². The Balaban J connectivity index is 2.55. The minimum Gasteiger partial charge on any atom is -0.386 e. The quantitative estimate of drug-likeness (QED) is 0.519. The first-order valence-corrected chi connectivity index (χ1v) is 7.99. The van der Waals surface area contributed by atoms with Crippen LogP contribution in [0.4, 0.5) is 0 Å². The predicted molar refractivity (Wildman–Crippen MR) is 77.6 cm³/mol. The van der Waals surface area contributed by atoms with Crippen molar-refractivity contribution in [2.75, 3.05) is 0 Å². The first-order chi connectivity index (χ1) is 10.2. The lowest BCUT2D eigenvalue weighted by Gasteiger charge is -2.19. The molecule has 2 aromatic carbocycles. The molecule has 6 nitrogen and oxygen atoms in total. The van der Waals surface area contributed by atoms with Crippen molar-refractivity contribution in [1.82, 2.24) is 0 Å². The molecule has 1 aliphatic heterocycles. The van der Waals surface area contributed by atoms with Gasteiger partial charge in [-0.2, -0.15) is 8.42 Å². The van der Waals surface area contributed by atoms with Gasteiger partial charge in [0.25, 0.3) is 10.1 Å². The zero-order chi connectivity index (χ0) is 16.2. The minimum absolute atomic E-state index is 0.0339. The van der Waals surface area contributed by atoms with Gasteiger partial charge in [-0.1, -0.05) is 19.9 Å². The van der Waals surface area contributed by atoms with Crippen molar-refractivity contribution in [2.45, 2.75) is 24.7 Å². The van der Waals surface area contributed by atoms with Crippen LogP contribution in [0.3, 0.4) is 0 Å². The topological polar surface area (TPSA) is 97.7 Å². The highest BCUT2D eigenvalue weighted by molar-refractivity contribution is 7.85. The number of carbonyl (C=O) groups is 2. The Kier molecular flexibility index (Phi) is 3.08. The van der Waals surface area contributed by atoms with Crippen LogP contribution in [0.15, 0.2) is 29.2 Å². The van der Waals surface area contributed by atoms with Gasteiger partial charge in [-0.05, 0) is 35.1 Å². The van der Waals surface area contributed by atoms with Crippen LogP contribution in [-0.2, 0) is 14.9 Å². The van der Waals surface area contributed by atoms with Crippen molar-refractivity contribution in [2.24, 2.45) is 0 Å². The maximum absolute atomic E-state index is 11.9. The van der Waals surface area contributed by atoms with E-state index in [1.54, 1.807) is 12.1 Å². The van der Waals surface area contributed by atoms with Gasteiger partial charge in [0.1, 0.15) is 0 Å². The number of hydrogen-bond acceptors (Lipinski definition) is 5. The van der Waals surface area contributed by atoms with Gasteiger partial charge in [0.05, 0.1) is 16.0 Å². The highest BCUT2D eigenvalue weighted by Crippen LogP contribution is 2.35. The number of cyclic esters (lactones) is 2. The molecule has 0 saturated heterocycles. The van der Waals surface area contributed by atoms with Crippen molar-refractivity contribution < 1.29 is 27.3 Å². The Bertz CT molecular complexity index is 940. The monoisotopic (exact) mass is 320 g/mol. The van der Waals surface area contributed by atoms with E-state index in [2.05, 4.69) is 4.74 Å². The number of ether oxygens (including phenoxy) is 1. The van der Waals surface area contributed by atoms with Gasteiger partial charge in [0, 0.05) is 5.39 Å². The van der Waals surface area contributed by atoms with E-state index in [-0.39, 0.29) is 17.0 Å². The van der Waals surface area contributed by atoms with E-state index in [9.17, 15) is 22.6 Å². The van der Waals surface area contributed by atoms with E-state index in [1.165, 1.54) is 6.07 Å². The average molecular weight is 320 g/mol. The van der Waals surface area contributed by atoms with E-state index in [4.69, 9.17) is 0 Å². The van der Waals surface area contributed by atoms with Gasteiger partial charge in [0.15, 0.2) is 0 Å². The Labute approximate surface area is 126 Å². The number of rotatable bonds is 2. The van der Waals surface area contributed by atoms with Gasteiger partial charge in [-0.3, -0.25) is 4.55 Å². The third-order valence-electron chi connectivity index (χ3n) is 3.67. The van der Waals surface area contributed by atoms with Gasteiger partial charge in [0.2, 0.25) is 0 Å². The largest absolute Gasteiger partial charge is 0.386 e. The summed E-state index contributed by atoms with van der Waals surface area (Å²) < 4.78 is 36.8. The smallest absolute Gasteiger partial charge is 0.346 e. The second kappa shape index (κ2) is 4.62. The molecule has 7 heteroatoms. The maximum atomic E-state index is 11.9. The van der Waals surface area contributed by atoms with Crippen molar-refractivity contribution >= 4 is 32.8 Å². The SMILES string of the molecule is CC(C)c1ccc2c3c(cc(S(=O)(=O)O)cc13)C(=O)OC2=O. The van der Waals surface area contributed by atoms with Gasteiger partial charge in [-0.15, -0.1) is 0 Å². The van der Waals surface area contributed by atoms with E-state index < -0.39 is 27.0 Å². The number of carbonyl (C=O) groups excluding carboxylic acids is 2. The van der Waals surface area contributed by atoms with Crippen LogP contribution in [0.5, 0.6) is 0 Å². The first kappa shape index (κ1) is 14.7. The fourth-order valence-corrected chi connectivity index (χ4v) is 3.19. The van der Waals surface area contributed by atoms with Crippen LogP contribution in [0.1, 0.15) is 46.0 Å². The molecule has 22 heavy (non-hydrogen) atoms. The summed E-state index contributed by atoms with van der Waals surface area (Å²) in [5.74, 6) is -1.65. The second-order valence-electron chi connectivity index (χ2n) is 5.40. The summed E-state index contributed by atoms with van der Waals surface area (Å²) in [6.07, 6.45) is 0. The average Bonchev–Trinajstić information content (AvgIpc) is 2.42. The van der Waals surface area contributed by atoms with Crippen LogP contribution < -0.4 is 0 Å². The van der Waals surface area contributed by atoms with E-state index in [1.807, 2.05) is 13.8 Å². The molecule has 0 amide bonds. The second-order valence-corrected chi connectivity index (χ2v) is 6.82. The normalized spacial score (nSPS) is 14.5. The molecule has 1 heterocycles. The Morgan fingerprint density at radius 2 is 1.68 bits per heavy atom. The molecule has 0 aromatic heterocycles. The van der Waals surface area contributed by atoms with Gasteiger partial charge >= 0.3 is 11.9 Å². The van der Waals surface area contributed by atoms with Crippen LogP contribution in [0.2, 0.25) is 0 Å². The molecule has 114 valence electrons. The maximum Gasteiger partial charge on any atom is 0.346 e. The van der Waals surface area contributed by atoms with Crippen molar-refractivity contribution in [3.05, 3.63) is 41.0 Å². The fourth-order valence-electron chi connectivity index (χ4n) is 2.66. The fraction of sp³-hybridized carbons (Fsp3) is 0.200. The van der Waals surface area contributed by atoms with Crippen LogP contribution in [-0.4, -0.2) is 24.9 Å². The van der Waals surface area contributed by atoms with Crippen molar-refractivity contribution in [1.29, 1.82) is 0 Å². The molecule has 0 fully saturated rings. The molecule has 0 atom stereocenters. The van der Waals surface area contributed by atoms with E-state index in [0.29, 0.717) is 10.8 Å². The standard InChI is InChI=1S/C15H12O6S/c1-7(2)9-3-4-10-13-11(9)5-8(22(18,19)20)6-12(13)15(17)21-14(10)16/h3-7H,1-2H3,(H,18,19,20). The lowest BCUT2D eigenvalue weighted by atomic mass is 9.90. The summed E-state index contributed by atoms with van der Waals surface area (Å²) in [5, 5.41) is 0.808. The zero-order valence-electron chi connectivity index (χ0n) is 11.8. The Morgan fingerprint density at radius 1 is 1.05 bits per heavy atom. The van der Waals surface area contributed by atoms with E-state index >= 15 is 0 Å². The summed E-state index contributed by atoms with van der Waals surface area (Å²) in [4.78, 5) is 23.4. The molecule has 1 N–H and O–H groups in total. The highest BCUT2D eigenvalue weighted by atomic mass is 32.2. The summed E-state index contributed by atoms with van der Waals surface area (Å²) in [6.45, 7) is 3.81. The molecule has 0 unspecified atom stereocenters. The minimum atomic E-state index is -4.49. The third-order valence-corrected chi connectivity index (χ3v) is 4.50. The lowest BCUT2D eigenvalue weighted by molar-refractivity contribution is 0.0391. The summed E-state index contributed by atoms with van der Waals surface area (Å²) in [5.41, 5.74) is 0.936. The number of benzene rings is 2. The Hall–Kier alpha value is -2.25. The van der Waals surface area contributed by atoms with Crippen LogP contribution in [0.25, 0.3) is 10.8 Å².